The second kappa shape index (κ2) is 38.4. The highest BCUT2D eigenvalue weighted by Gasteiger charge is 2.53. The van der Waals surface area contributed by atoms with Crippen LogP contribution in [0.25, 0.3) is 0 Å². The average Bonchev–Trinajstić information content (AvgIpc) is 1.71. The SMILES string of the molecule is CC[C@H](C)[C@@H]1NC(=O)[C@H](CC(C)C)N(C)C(=O)C[C@@H](C(=O)N2CCOCC2)N(C)C(=O)[C@H](C2CCCC2)N(C)C(=O)C2(CCCC2)NC(=O)[C@@H]2CCCN2C(=O)[C@H](CCC2CCC(C(F)(F)F)C(Cl)C2)NC(=O)CN(C)C(=O)[C@H](CC2CCC(C(F)(F)F)CC2)N(CC(C)C)C(=O)CN(C)C(=O)CN(C)C1=O. The minimum absolute atomic E-state index is 0.00235. The predicted molar refractivity (Wildman–Crippen MR) is 386 cm³/mol. The van der Waals surface area contributed by atoms with Crippen LogP contribution < -0.4 is 16.0 Å². The summed E-state index contributed by atoms with van der Waals surface area (Å²) >= 11 is 6.41. The van der Waals surface area contributed by atoms with Gasteiger partial charge in [0.05, 0.1) is 51.1 Å². The number of rotatable bonds is 13. The molecule has 3 heterocycles. The smallest absolute Gasteiger partial charge is 0.378 e. The summed E-state index contributed by atoms with van der Waals surface area (Å²) in [5, 5.41) is 7.43. The van der Waals surface area contributed by atoms with Gasteiger partial charge in [0.25, 0.3) is 0 Å². The van der Waals surface area contributed by atoms with Gasteiger partial charge in [0.1, 0.15) is 47.8 Å². The first-order chi connectivity index (χ1) is 50.2. The number of alkyl halides is 7. The fourth-order valence-electron chi connectivity index (χ4n) is 17.2. The minimum Gasteiger partial charge on any atom is -0.378 e. The maximum absolute atomic E-state index is 15.7. The molecule has 12 amide bonds. The number of nitrogens with one attached hydrogen (secondary N) is 3. The number of carbonyl (C=O) groups excluding carboxylic acids is 12. The van der Waals surface area contributed by atoms with Crippen molar-refractivity contribution < 1.29 is 88.6 Å². The molecule has 0 aromatic rings. The molecule has 3 N–H and O–H groups in total. The molecule has 32 heteroatoms. The van der Waals surface area contributed by atoms with Crippen molar-refractivity contribution in [3.05, 3.63) is 0 Å². The Morgan fingerprint density at radius 1 is 0.598 bits per heavy atom. The summed E-state index contributed by atoms with van der Waals surface area (Å²) in [6.45, 7) is 9.20. The third-order valence-electron chi connectivity index (χ3n) is 23.8. The number of morpholine rings is 1. The summed E-state index contributed by atoms with van der Waals surface area (Å²) in [6.07, 6.45) is -5.96. The summed E-state index contributed by atoms with van der Waals surface area (Å²) in [5.74, 6) is -14.4. The van der Waals surface area contributed by atoms with Gasteiger partial charge in [0, 0.05) is 73.8 Å². The topological polar surface area (TPSA) is 279 Å². The molecule has 7 fully saturated rings. The van der Waals surface area contributed by atoms with E-state index in [-0.39, 0.29) is 141 Å². The Balaban J connectivity index is 1.30. The Morgan fingerprint density at radius 2 is 1.21 bits per heavy atom. The van der Waals surface area contributed by atoms with Crippen molar-refractivity contribution in [3.63, 3.8) is 0 Å². The molecule has 3 saturated heterocycles. The highest BCUT2D eigenvalue weighted by molar-refractivity contribution is 6.21. The summed E-state index contributed by atoms with van der Waals surface area (Å²) in [7, 11) is 8.23. The average molecular weight is 1550 g/mol. The van der Waals surface area contributed by atoms with Crippen LogP contribution in [-0.4, -0.2) is 282 Å². The third kappa shape index (κ3) is 22.6. The first-order valence-electron chi connectivity index (χ1n) is 38.9. The fourth-order valence-corrected chi connectivity index (χ4v) is 17.7. The number of fused-ring (bicyclic) bond motifs is 1. The van der Waals surface area contributed by atoms with Gasteiger partial charge in [-0.2, -0.15) is 26.3 Å². The molecule has 11 atom stereocenters. The van der Waals surface area contributed by atoms with E-state index in [0.29, 0.717) is 51.4 Å². The molecule has 0 radical (unpaired) electrons. The summed E-state index contributed by atoms with van der Waals surface area (Å²) in [5.41, 5.74) is -1.61. The van der Waals surface area contributed by atoms with Gasteiger partial charge in [0.15, 0.2) is 0 Å². The van der Waals surface area contributed by atoms with Crippen LogP contribution in [0.15, 0.2) is 0 Å². The van der Waals surface area contributed by atoms with E-state index in [0.717, 1.165) is 14.7 Å². The van der Waals surface area contributed by atoms with Crippen LogP contribution in [0.1, 0.15) is 189 Å². The quantitative estimate of drug-likeness (QED) is 0.127. The number of nitrogens with zero attached hydrogens (tertiary/aromatic N) is 9. The zero-order valence-corrected chi connectivity index (χ0v) is 65.6. The first-order valence-corrected chi connectivity index (χ1v) is 39.3. The number of carbonyl (C=O) groups is 12. The number of hydrogen-bond donors (Lipinski definition) is 3. The van der Waals surface area contributed by atoms with Crippen molar-refractivity contribution in [1.29, 1.82) is 0 Å². The van der Waals surface area contributed by atoms with E-state index in [1.807, 2.05) is 13.8 Å². The van der Waals surface area contributed by atoms with Crippen molar-refractivity contribution in [1.82, 2.24) is 60.0 Å². The highest BCUT2D eigenvalue weighted by atomic mass is 35.5. The summed E-state index contributed by atoms with van der Waals surface area (Å²) in [4.78, 5) is 192. The predicted octanol–water partition coefficient (Wildman–Crippen LogP) is 6.76. The molecule has 7 aliphatic rings. The number of likely N-dealkylation sites (N-methyl/N-ethyl adjacent to an activating group) is 6. The molecule has 0 aromatic carbocycles. The van der Waals surface area contributed by atoms with Gasteiger partial charge in [-0.1, -0.05) is 73.6 Å². The first kappa shape index (κ1) is 87.7. The molecule has 107 heavy (non-hydrogen) atoms. The number of hydrogen-bond acceptors (Lipinski definition) is 13. The van der Waals surface area contributed by atoms with E-state index in [9.17, 15) is 50.3 Å². The van der Waals surface area contributed by atoms with Crippen LogP contribution in [0.3, 0.4) is 0 Å². The lowest BCUT2D eigenvalue weighted by molar-refractivity contribution is -0.184. The Hall–Kier alpha value is -6.53. The molecule has 1 spiro atoms. The Morgan fingerprint density at radius 3 is 1.79 bits per heavy atom. The molecule has 7 rings (SSSR count). The Bertz CT molecular complexity index is 3120. The van der Waals surface area contributed by atoms with E-state index in [1.54, 1.807) is 27.7 Å². The van der Waals surface area contributed by atoms with Gasteiger partial charge in [-0.15, -0.1) is 11.6 Å². The number of halogens is 7. The van der Waals surface area contributed by atoms with Gasteiger partial charge in [-0.3, -0.25) is 57.5 Å². The molecule has 3 aliphatic heterocycles. The van der Waals surface area contributed by atoms with Crippen LogP contribution in [0.2, 0.25) is 0 Å². The standard InChI is InChI=1S/C75H119ClF6N12O13/c1-13-47(6)63-70(104)88(9)43-61(97)86(7)44-62(98)94(41-46(4)5)58(39-49-22-26-51(27-23-49)74(77,78)79)68(102)87(8)42-59(95)83-54(29-25-48-24-28-52(53(76)38-48)75(80,81)82)67(101)93-32-18-21-55(93)66(100)85-73(30-16-17-31-73)72(106)91(12)64(50-19-14-15-20-50)71(105)90(11)57(69(103)92-33-35-107-36-34-92)40-60(96)89(10)56(37-45(2)3)65(99)84-63/h45-58,63-64H,13-44H2,1-12H3,(H,83,95)(H,84,99)(H,85,100)/t47-,48?,49?,51?,52?,53?,54-,55-,56-,57-,58-,63-,64-/m0/s1. The molecule has 4 aliphatic carbocycles. The zero-order chi connectivity index (χ0) is 79.3. The lowest BCUT2D eigenvalue weighted by Gasteiger charge is -2.42. The lowest BCUT2D eigenvalue weighted by atomic mass is 9.78. The van der Waals surface area contributed by atoms with Crippen molar-refractivity contribution in [2.75, 3.05) is 101 Å². The van der Waals surface area contributed by atoms with Crippen LogP contribution >= 0.6 is 11.6 Å². The molecular formula is C75H119ClF6N12O13. The Labute approximate surface area is 632 Å². The van der Waals surface area contributed by atoms with Crippen LogP contribution in [0.5, 0.6) is 0 Å². The maximum Gasteiger partial charge on any atom is 0.393 e. The fraction of sp³-hybridized carbons (Fsp3) is 0.840. The molecule has 4 saturated carbocycles. The van der Waals surface area contributed by atoms with Crippen molar-refractivity contribution in [2.24, 2.45) is 47.3 Å². The van der Waals surface area contributed by atoms with Crippen LogP contribution in [-0.2, 0) is 62.3 Å². The molecule has 0 aromatic heterocycles. The number of amides is 12. The Kier molecular flexibility index (Phi) is 31.5. The molecule has 3 unspecified atom stereocenters. The van der Waals surface area contributed by atoms with Gasteiger partial charge in [-0.25, -0.2) is 0 Å². The second-order valence-electron chi connectivity index (χ2n) is 32.6. The lowest BCUT2D eigenvalue weighted by Crippen LogP contribution is -2.65. The van der Waals surface area contributed by atoms with E-state index < -0.39 is 198 Å². The van der Waals surface area contributed by atoms with Crippen LogP contribution in [0, 0.1) is 47.3 Å². The highest BCUT2D eigenvalue weighted by Crippen LogP contribution is 2.45. The van der Waals surface area contributed by atoms with Crippen molar-refractivity contribution >= 4 is 82.5 Å². The van der Waals surface area contributed by atoms with E-state index in [4.69, 9.17) is 16.3 Å². The molecule has 0 bridgehead atoms. The van der Waals surface area contributed by atoms with Crippen LogP contribution in [0.4, 0.5) is 26.3 Å². The maximum atomic E-state index is 15.7. The van der Waals surface area contributed by atoms with E-state index in [2.05, 4.69) is 16.0 Å². The van der Waals surface area contributed by atoms with E-state index in [1.165, 1.54) is 71.7 Å². The monoisotopic (exact) mass is 1540 g/mol. The van der Waals surface area contributed by atoms with Gasteiger partial charge >= 0.3 is 12.4 Å². The third-order valence-corrected chi connectivity index (χ3v) is 24.3. The van der Waals surface area contributed by atoms with Gasteiger partial charge in [-0.05, 0) is 145 Å². The number of ether oxygens (including phenoxy) is 1. The summed E-state index contributed by atoms with van der Waals surface area (Å²) < 4.78 is 90.1. The van der Waals surface area contributed by atoms with Crippen molar-refractivity contribution in [3.8, 4) is 0 Å². The molecule has 606 valence electrons. The molecule has 25 nitrogen and oxygen atoms in total. The largest absolute Gasteiger partial charge is 0.393 e. The van der Waals surface area contributed by atoms with Gasteiger partial charge in [0.2, 0.25) is 70.9 Å². The van der Waals surface area contributed by atoms with E-state index >= 15 is 33.6 Å². The normalized spacial score (nSPS) is 30.3. The second-order valence-corrected chi connectivity index (χ2v) is 33.2. The molecular weight excluding hydrogens is 1430 g/mol. The zero-order valence-electron chi connectivity index (χ0n) is 64.8. The van der Waals surface area contributed by atoms with Gasteiger partial charge < -0.3 is 64.8 Å². The minimum atomic E-state index is -4.56. The van der Waals surface area contributed by atoms with Crippen molar-refractivity contribution in [2.45, 2.75) is 255 Å². The summed E-state index contributed by atoms with van der Waals surface area (Å²) in [6, 6.07) is -9.31.